The molecule has 3 aromatic carbocycles. The van der Waals surface area contributed by atoms with Crippen LogP contribution in [-0.4, -0.2) is 23.4 Å². The van der Waals surface area contributed by atoms with Gasteiger partial charge in [0.05, 0.1) is 6.54 Å². The lowest BCUT2D eigenvalue weighted by atomic mass is 10.1. The first-order valence-corrected chi connectivity index (χ1v) is 12.1. The third-order valence-corrected chi connectivity index (χ3v) is 6.53. The second-order valence-corrected chi connectivity index (χ2v) is 9.01. The highest BCUT2D eigenvalue weighted by Crippen LogP contribution is 2.25. The summed E-state index contributed by atoms with van der Waals surface area (Å²) in [6.45, 7) is 0.0402. The SMILES string of the molecule is CSc1ccc(CNC(=O)c2ccc3c(c2)cc(Cc2ccc(Cl)cc2F)n3CCF)cc1. The van der Waals surface area contributed by atoms with E-state index in [9.17, 15) is 13.6 Å². The Morgan fingerprint density at radius 2 is 1.85 bits per heavy atom. The van der Waals surface area contributed by atoms with Crippen molar-refractivity contribution in [1.29, 1.82) is 0 Å². The second-order valence-electron chi connectivity index (χ2n) is 7.69. The molecule has 4 rings (SSSR count). The van der Waals surface area contributed by atoms with E-state index >= 15 is 0 Å². The fourth-order valence-corrected chi connectivity index (χ4v) is 4.42. The van der Waals surface area contributed by atoms with Gasteiger partial charge in [0.1, 0.15) is 12.5 Å². The van der Waals surface area contributed by atoms with Crippen LogP contribution in [0, 0.1) is 5.82 Å². The lowest BCUT2D eigenvalue weighted by Gasteiger charge is -2.10. The Kier molecular flexibility index (Phi) is 7.36. The molecule has 0 aliphatic carbocycles. The maximum Gasteiger partial charge on any atom is 0.251 e. The van der Waals surface area contributed by atoms with Gasteiger partial charge >= 0.3 is 0 Å². The average molecular weight is 485 g/mol. The van der Waals surface area contributed by atoms with Crippen LogP contribution in [0.5, 0.6) is 0 Å². The molecule has 170 valence electrons. The summed E-state index contributed by atoms with van der Waals surface area (Å²) in [5.74, 6) is -0.584. The summed E-state index contributed by atoms with van der Waals surface area (Å²) >= 11 is 7.53. The van der Waals surface area contributed by atoms with Crippen molar-refractivity contribution in [3.8, 4) is 0 Å². The van der Waals surface area contributed by atoms with Crippen LogP contribution in [0.4, 0.5) is 8.78 Å². The summed E-state index contributed by atoms with van der Waals surface area (Å²) in [5, 5.41) is 4.08. The number of rotatable bonds is 8. The van der Waals surface area contributed by atoms with Gasteiger partial charge < -0.3 is 9.88 Å². The van der Waals surface area contributed by atoms with Gasteiger partial charge in [0.2, 0.25) is 0 Å². The number of carbonyl (C=O) groups excluding carboxylic acids is 1. The topological polar surface area (TPSA) is 34.0 Å². The lowest BCUT2D eigenvalue weighted by molar-refractivity contribution is 0.0951. The molecule has 0 fully saturated rings. The lowest BCUT2D eigenvalue weighted by Crippen LogP contribution is -2.22. The van der Waals surface area contributed by atoms with Crippen molar-refractivity contribution in [1.82, 2.24) is 9.88 Å². The van der Waals surface area contributed by atoms with Crippen LogP contribution in [0.25, 0.3) is 10.9 Å². The molecule has 0 spiro atoms. The molecule has 0 radical (unpaired) electrons. The standard InChI is InChI=1S/C26H23ClF2N2OS/c1-33-23-7-2-17(3-8-23)16-30-26(32)19-5-9-25-20(12-19)14-22(31(25)11-10-28)13-18-4-6-21(27)15-24(18)29/h2-9,12,14-15H,10-11,13,16H2,1H3,(H,30,32). The van der Waals surface area contributed by atoms with Crippen LogP contribution in [0.3, 0.4) is 0 Å². The summed E-state index contributed by atoms with van der Waals surface area (Å²) < 4.78 is 29.4. The third-order valence-electron chi connectivity index (χ3n) is 5.56. The zero-order chi connectivity index (χ0) is 23.4. The maximum absolute atomic E-state index is 14.3. The minimum atomic E-state index is -0.544. The molecule has 0 atom stereocenters. The molecule has 1 aromatic heterocycles. The predicted molar refractivity (Wildman–Crippen MR) is 132 cm³/mol. The van der Waals surface area contributed by atoms with E-state index in [0.29, 0.717) is 29.1 Å². The van der Waals surface area contributed by atoms with Gasteiger partial charge in [-0.2, -0.15) is 0 Å². The number of aromatic nitrogens is 1. The molecule has 3 nitrogen and oxygen atoms in total. The van der Waals surface area contributed by atoms with Gasteiger partial charge in [-0.05, 0) is 65.9 Å². The van der Waals surface area contributed by atoms with E-state index in [2.05, 4.69) is 5.32 Å². The number of fused-ring (bicyclic) bond motifs is 1. The number of hydrogen-bond donors (Lipinski definition) is 1. The number of halogens is 3. The number of carbonyl (C=O) groups is 1. The maximum atomic E-state index is 14.3. The number of aryl methyl sites for hydroxylation is 1. The molecule has 0 unspecified atom stereocenters. The van der Waals surface area contributed by atoms with Gasteiger partial charge in [-0.15, -0.1) is 11.8 Å². The Morgan fingerprint density at radius 1 is 1.06 bits per heavy atom. The number of amides is 1. The molecule has 0 bridgehead atoms. The normalized spacial score (nSPS) is 11.2. The van der Waals surface area contributed by atoms with E-state index in [1.165, 1.54) is 11.0 Å². The van der Waals surface area contributed by atoms with Crippen LogP contribution in [0.1, 0.15) is 27.2 Å². The average Bonchev–Trinajstić information content (AvgIpc) is 3.16. The molecule has 0 saturated carbocycles. The Labute approximate surface area is 200 Å². The fourth-order valence-electron chi connectivity index (χ4n) is 3.85. The largest absolute Gasteiger partial charge is 0.348 e. The van der Waals surface area contributed by atoms with Crippen molar-refractivity contribution in [3.05, 3.63) is 100.0 Å². The highest BCUT2D eigenvalue weighted by atomic mass is 35.5. The molecule has 4 aromatic rings. The van der Waals surface area contributed by atoms with Crippen LogP contribution >= 0.6 is 23.4 Å². The van der Waals surface area contributed by atoms with Crippen molar-refractivity contribution >= 4 is 40.2 Å². The number of nitrogens with zero attached hydrogens (tertiary/aromatic N) is 1. The van der Waals surface area contributed by atoms with Gasteiger partial charge in [-0.3, -0.25) is 4.79 Å². The number of nitrogens with one attached hydrogen (secondary N) is 1. The van der Waals surface area contributed by atoms with Crippen molar-refractivity contribution < 1.29 is 13.6 Å². The van der Waals surface area contributed by atoms with Crippen molar-refractivity contribution in [2.24, 2.45) is 0 Å². The summed E-state index contributed by atoms with van der Waals surface area (Å²) in [5.41, 5.74) is 3.60. The summed E-state index contributed by atoms with van der Waals surface area (Å²) in [7, 11) is 0. The van der Waals surface area contributed by atoms with Crippen LogP contribution in [0.2, 0.25) is 5.02 Å². The minimum Gasteiger partial charge on any atom is -0.348 e. The molecule has 0 aliphatic rings. The van der Waals surface area contributed by atoms with Gasteiger partial charge in [-0.25, -0.2) is 8.78 Å². The van der Waals surface area contributed by atoms with Crippen molar-refractivity contribution in [2.45, 2.75) is 24.4 Å². The Balaban J connectivity index is 1.56. The molecule has 1 heterocycles. The molecular weight excluding hydrogens is 462 g/mol. The van der Waals surface area contributed by atoms with Crippen LogP contribution < -0.4 is 5.32 Å². The zero-order valence-corrected chi connectivity index (χ0v) is 19.6. The van der Waals surface area contributed by atoms with E-state index in [-0.39, 0.29) is 12.5 Å². The van der Waals surface area contributed by atoms with E-state index in [1.54, 1.807) is 36.0 Å². The molecule has 1 N–H and O–H groups in total. The number of benzene rings is 3. The van der Waals surface area contributed by atoms with E-state index in [0.717, 1.165) is 22.2 Å². The Bertz CT molecular complexity index is 1290. The van der Waals surface area contributed by atoms with Crippen LogP contribution in [0.15, 0.2) is 71.6 Å². The Hall–Kier alpha value is -2.83. The summed E-state index contributed by atoms with van der Waals surface area (Å²) in [6.07, 6.45) is 2.32. The van der Waals surface area contributed by atoms with Gasteiger partial charge in [0, 0.05) is 45.0 Å². The van der Waals surface area contributed by atoms with Gasteiger partial charge in [-0.1, -0.05) is 29.8 Å². The third kappa shape index (κ3) is 5.40. The highest BCUT2D eigenvalue weighted by molar-refractivity contribution is 7.98. The monoisotopic (exact) mass is 484 g/mol. The number of hydrogen-bond acceptors (Lipinski definition) is 2. The first-order chi connectivity index (χ1) is 16.0. The molecule has 0 saturated heterocycles. The predicted octanol–water partition coefficient (Wildman–Crippen LogP) is 6.65. The smallest absolute Gasteiger partial charge is 0.251 e. The fraction of sp³-hybridized carbons (Fsp3) is 0.192. The van der Waals surface area contributed by atoms with E-state index in [1.807, 2.05) is 47.2 Å². The molecule has 0 aliphatic heterocycles. The highest BCUT2D eigenvalue weighted by Gasteiger charge is 2.14. The minimum absolute atomic E-state index is 0.158. The quantitative estimate of drug-likeness (QED) is 0.284. The Morgan fingerprint density at radius 3 is 2.55 bits per heavy atom. The van der Waals surface area contributed by atoms with E-state index in [4.69, 9.17) is 11.6 Å². The van der Waals surface area contributed by atoms with Crippen LogP contribution in [-0.2, 0) is 19.5 Å². The molecule has 7 heteroatoms. The van der Waals surface area contributed by atoms with Crippen molar-refractivity contribution in [3.63, 3.8) is 0 Å². The first-order valence-electron chi connectivity index (χ1n) is 10.5. The summed E-state index contributed by atoms with van der Waals surface area (Å²) in [4.78, 5) is 13.9. The number of thioether (sulfide) groups is 1. The first kappa shape index (κ1) is 23.3. The molecule has 1 amide bonds. The van der Waals surface area contributed by atoms with Gasteiger partial charge in [0.25, 0.3) is 5.91 Å². The van der Waals surface area contributed by atoms with Crippen molar-refractivity contribution in [2.75, 3.05) is 12.9 Å². The van der Waals surface area contributed by atoms with Gasteiger partial charge in [0.15, 0.2) is 0 Å². The summed E-state index contributed by atoms with van der Waals surface area (Å²) in [6, 6.07) is 19.8. The molecular formula is C26H23ClF2N2OS. The zero-order valence-electron chi connectivity index (χ0n) is 18.1. The second kappa shape index (κ2) is 10.4. The number of alkyl halides is 1. The molecule has 33 heavy (non-hydrogen) atoms. The van der Waals surface area contributed by atoms with E-state index < -0.39 is 12.5 Å².